The van der Waals surface area contributed by atoms with Crippen LogP contribution in [0.3, 0.4) is 0 Å². The average Bonchev–Trinajstić information content (AvgIpc) is 3.33. The molecule has 3 amide bonds. The Morgan fingerprint density at radius 1 is 1.15 bits per heavy atom. The predicted octanol–water partition coefficient (Wildman–Crippen LogP) is 1.47. The molecule has 0 unspecified atom stereocenters. The zero-order chi connectivity index (χ0) is 24.1. The maximum absolute atomic E-state index is 13.2. The van der Waals surface area contributed by atoms with Gasteiger partial charge in [-0.05, 0) is 19.1 Å². The van der Waals surface area contributed by atoms with Crippen molar-refractivity contribution in [2.24, 2.45) is 0 Å². The van der Waals surface area contributed by atoms with E-state index in [0.29, 0.717) is 33.8 Å². The number of esters is 1. The lowest BCUT2D eigenvalue weighted by molar-refractivity contribution is -0.165. The van der Waals surface area contributed by atoms with Crippen LogP contribution in [-0.4, -0.2) is 64.6 Å². The summed E-state index contributed by atoms with van der Waals surface area (Å²) in [4.78, 5) is 53.2. The van der Waals surface area contributed by atoms with Crippen molar-refractivity contribution in [3.8, 4) is 17.2 Å². The first-order valence-electron chi connectivity index (χ1n) is 10.8. The van der Waals surface area contributed by atoms with E-state index in [4.69, 9.17) is 14.2 Å². The Labute approximate surface area is 194 Å². The van der Waals surface area contributed by atoms with Crippen molar-refractivity contribution in [3.63, 3.8) is 0 Å². The molecule has 2 aromatic rings. The van der Waals surface area contributed by atoms with Gasteiger partial charge >= 0.3 is 5.97 Å². The second kappa shape index (κ2) is 8.05. The molecule has 0 spiro atoms. The first-order chi connectivity index (χ1) is 16.3. The Morgan fingerprint density at radius 3 is 2.56 bits per heavy atom. The number of phenolic OH excluding ortho intramolecular Hbond substituents is 1. The number of benzene rings is 2. The van der Waals surface area contributed by atoms with Crippen LogP contribution in [0.5, 0.6) is 17.2 Å². The van der Waals surface area contributed by atoms with Gasteiger partial charge in [0.15, 0.2) is 11.5 Å². The molecule has 3 aliphatic rings. The molecule has 0 aliphatic carbocycles. The molecule has 1 N–H and O–H groups in total. The Kier molecular flexibility index (Phi) is 5.15. The largest absolute Gasteiger partial charge is 0.507 e. The third-order valence-corrected chi connectivity index (χ3v) is 6.46. The van der Waals surface area contributed by atoms with Gasteiger partial charge in [-0.15, -0.1) is 0 Å². The van der Waals surface area contributed by atoms with Crippen LogP contribution in [0.2, 0.25) is 0 Å². The highest BCUT2D eigenvalue weighted by Gasteiger charge is 2.50. The first-order valence-corrected chi connectivity index (χ1v) is 10.8. The summed E-state index contributed by atoms with van der Waals surface area (Å²) < 4.78 is 16.7. The molecule has 176 valence electrons. The number of aromatic hydroxyl groups is 1. The highest BCUT2D eigenvalue weighted by molar-refractivity contribution is 6.05. The monoisotopic (exact) mass is 466 g/mol. The van der Waals surface area contributed by atoms with Crippen LogP contribution in [0, 0.1) is 6.92 Å². The average molecular weight is 466 g/mol. The molecule has 10 heteroatoms. The zero-order valence-corrected chi connectivity index (χ0v) is 18.6. The molecule has 1 saturated heterocycles. The number of ether oxygens (including phenoxy) is 3. The number of piperazine rings is 1. The molecule has 10 nitrogen and oxygen atoms in total. The Hall–Kier alpha value is -4.08. The van der Waals surface area contributed by atoms with Crippen LogP contribution in [0.15, 0.2) is 30.3 Å². The van der Waals surface area contributed by atoms with Crippen LogP contribution in [-0.2, 0) is 25.5 Å². The number of nitrogens with zero attached hydrogens (tertiary/aromatic N) is 2. The number of fused-ring (bicyclic) bond motifs is 4. The molecule has 0 aromatic heterocycles. The summed E-state index contributed by atoms with van der Waals surface area (Å²) in [5.74, 6) is -1.54. The summed E-state index contributed by atoms with van der Waals surface area (Å²) in [6.45, 7) is 2.10. The van der Waals surface area contributed by atoms with Crippen LogP contribution in [0.4, 0.5) is 0 Å². The van der Waals surface area contributed by atoms with Crippen LogP contribution in [0.25, 0.3) is 0 Å². The minimum absolute atomic E-state index is 0.0202. The van der Waals surface area contributed by atoms with E-state index in [0.717, 1.165) is 4.90 Å². The molecule has 5 rings (SSSR count). The van der Waals surface area contributed by atoms with E-state index in [-0.39, 0.29) is 25.6 Å². The third-order valence-electron chi connectivity index (χ3n) is 6.46. The number of carbonyl (C=O) groups is 4. The quantitative estimate of drug-likeness (QED) is 0.675. The molecule has 3 heterocycles. The molecule has 0 saturated carbocycles. The van der Waals surface area contributed by atoms with Crippen molar-refractivity contribution < 1.29 is 38.5 Å². The Balaban J connectivity index is 1.59. The van der Waals surface area contributed by atoms with Gasteiger partial charge in [0.1, 0.15) is 24.9 Å². The van der Waals surface area contributed by atoms with E-state index in [1.54, 1.807) is 37.3 Å². The molecule has 2 atom stereocenters. The van der Waals surface area contributed by atoms with Gasteiger partial charge in [0.25, 0.3) is 5.91 Å². The lowest BCUT2D eigenvalue weighted by Crippen LogP contribution is -2.64. The van der Waals surface area contributed by atoms with Gasteiger partial charge < -0.3 is 24.2 Å². The fourth-order valence-electron chi connectivity index (χ4n) is 4.84. The topological polar surface area (TPSA) is 123 Å². The van der Waals surface area contributed by atoms with E-state index in [2.05, 4.69) is 0 Å². The number of phenols is 1. The van der Waals surface area contributed by atoms with Gasteiger partial charge in [0, 0.05) is 30.0 Å². The first kappa shape index (κ1) is 21.7. The fraction of sp³-hybridized carbons (Fsp3) is 0.333. The van der Waals surface area contributed by atoms with E-state index >= 15 is 0 Å². The van der Waals surface area contributed by atoms with Gasteiger partial charge in [0.2, 0.25) is 18.6 Å². The molecule has 0 radical (unpaired) electrons. The third kappa shape index (κ3) is 3.25. The van der Waals surface area contributed by atoms with Gasteiger partial charge in [-0.3, -0.25) is 19.3 Å². The Bertz CT molecular complexity index is 1230. The van der Waals surface area contributed by atoms with Crippen LogP contribution >= 0.6 is 0 Å². The van der Waals surface area contributed by atoms with Gasteiger partial charge in [-0.25, -0.2) is 4.79 Å². The van der Waals surface area contributed by atoms with Crippen molar-refractivity contribution in [1.29, 1.82) is 0 Å². The highest BCUT2D eigenvalue weighted by atomic mass is 16.7. The van der Waals surface area contributed by atoms with Crippen LogP contribution in [0.1, 0.15) is 40.0 Å². The lowest BCUT2D eigenvalue weighted by atomic mass is 9.83. The Morgan fingerprint density at radius 2 is 1.85 bits per heavy atom. The molecule has 34 heavy (non-hydrogen) atoms. The standard InChI is InChI=1S/C24H22N2O8/c1-12-20(29)19-15(22-21(12)33-11-34-22)8-16-23(30)25(13(2)27)9-18(28)26(16)17(19)10-32-24(31)14-6-4-3-5-7-14/h3-7,16-17,29H,8-11H2,1-2H3/t16-,17-/m0/s1. The van der Waals surface area contributed by atoms with E-state index in [1.807, 2.05) is 0 Å². The number of imide groups is 1. The van der Waals surface area contributed by atoms with E-state index in [1.165, 1.54) is 11.8 Å². The number of rotatable bonds is 3. The fourth-order valence-corrected chi connectivity index (χ4v) is 4.84. The summed E-state index contributed by atoms with van der Waals surface area (Å²) in [6.07, 6.45) is 0.0202. The van der Waals surface area contributed by atoms with Gasteiger partial charge in [-0.2, -0.15) is 0 Å². The predicted molar refractivity (Wildman–Crippen MR) is 115 cm³/mol. The van der Waals surface area contributed by atoms with E-state index in [9.17, 15) is 24.3 Å². The highest BCUT2D eigenvalue weighted by Crippen LogP contribution is 2.52. The molecule has 1 fully saturated rings. The smallest absolute Gasteiger partial charge is 0.338 e. The SMILES string of the molecule is CC(=O)N1CC(=O)N2[C@@H](Cc3c4c(c(C)c(O)c3[C@@H]2COC(=O)c2ccccc2)OCO4)C1=O. The normalized spacial score (nSPS) is 20.6. The summed E-state index contributed by atoms with van der Waals surface area (Å²) >= 11 is 0. The second-order valence-electron chi connectivity index (χ2n) is 8.38. The van der Waals surface area contributed by atoms with Crippen molar-refractivity contribution in [2.75, 3.05) is 19.9 Å². The van der Waals surface area contributed by atoms with Gasteiger partial charge in [-0.1, -0.05) is 18.2 Å². The maximum atomic E-state index is 13.2. The lowest BCUT2D eigenvalue weighted by Gasteiger charge is -2.47. The van der Waals surface area contributed by atoms with Crippen molar-refractivity contribution in [3.05, 3.63) is 52.6 Å². The summed E-state index contributed by atoms with van der Waals surface area (Å²) in [7, 11) is 0. The summed E-state index contributed by atoms with van der Waals surface area (Å²) in [5.41, 5.74) is 1.58. The van der Waals surface area contributed by atoms with Crippen LogP contribution < -0.4 is 9.47 Å². The number of hydrogen-bond acceptors (Lipinski definition) is 8. The minimum atomic E-state index is -1.02. The zero-order valence-electron chi connectivity index (χ0n) is 18.6. The van der Waals surface area contributed by atoms with Gasteiger partial charge in [0.05, 0.1) is 11.6 Å². The molecule has 0 bridgehead atoms. The van der Waals surface area contributed by atoms with Crippen molar-refractivity contribution in [1.82, 2.24) is 9.80 Å². The molecular weight excluding hydrogens is 444 g/mol. The summed E-state index contributed by atoms with van der Waals surface area (Å²) in [6, 6.07) is 6.37. The summed E-state index contributed by atoms with van der Waals surface area (Å²) in [5, 5.41) is 11.1. The number of amides is 3. The molecule has 2 aromatic carbocycles. The van der Waals surface area contributed by atoms with Crippen molar-refractivity contribution >= 4 is 23.7 Å². The van der Waals surface area contributed by atoms with Crippen molar-refractivity contribution in [2.45, 2.75) is 32.4 Å². The molecular formula is C24H22N2O8. The number of hydrogen-bond donors (Lipinski definition) is 1. The minimum Gasteiger partial charge on any atom is -0.507 e. The maximum Gasteiger partial charge on any atom is 0.338 e. The second-order valence-corrected chi connectivity index (χ2v) is 8.38. The van der Waals surface area contributed by atoms with E-state index < -0.39 is 42.3 Å². The molecule has 3 aliphatic heterocycles. The number of carbonyl (C=O) groups excluding carboxylic acids is 4.